The molecule has 0 N–H and O–H groups in total. The topological polar surface area (TPSA) is 0 Å². The monoisotopic (exact) mass is 188 g/mol. The number of benzene rings is 2. The number of hydrogen-bond donors (Lipinski definition) is 0. The van der Waals surface area contributed by atoms with E-state index >= 15 is 0 Å². The average molecular weight is 188 g/mol. The molecule has 0 aliphatic heterocycles. The molecule has 0 atom stereocenters. The van der Waals surface area contributed by atoms with Gasteiger partial charge in [-0.2, -0.15) is 0 Å². The van der Waals surface area contributed by atoms with Gasteiger partial charge in [-0.25, -0.2) is 0 Å². The Kier molecular flexibility index (Phi) is 4.21. The third-order valence-electron chi connectivity index (χ3n) is 2.50. The van der Waals surface area contributed by atoms with Crippen LogP contribution in [-0.4, -0.2) is 0 Å². The average Bonchev–Trinajstić information content (AvgIpc) is 2.23. The number of aryl methyl sites for hydroxylation is 2. The molecule has 0 saturated heterocycles. The van der Waals surface area contributed by atoms with Crippen molar-refractivity contribution in [2.75, 3.05) is 0 Å². The molecule has 0 radical (unpaired) electrons. The van der Waals surface area contributed by atoms with Crippen molar-refractivity contribution in [2.45, 2.75) is 13.8 Å². The van der Waals surface area contributed by atoms with Crippen LogP contribution in [0.2, 0.25) is 0 Å². The van der Waals surface area contributed by atoms with Crippen molar-refractivity contribution >= 4 is 0 Å². The van der Waals surface area contributed by atoms with Crippen molar-refractivity contribution < 1.29 is 18.9 Å². The van der Waals surface area contributed by atoms with Gasteiger partial charge in [0.1, 0.15) is 0 Å². The van der Waals surface area contributed by atoms with E-state index < -0.39 is 0 Å². The van der Waals surface area contributed by atoms with E-state index in [0.29, 0.717) is 0 Å². The zero-order valence-corrected chi connectivity index (χ0v) is 9.54. The van der Waals surface area contributed by atoms with Crippen molar-refractivity contribution in [3.8, 4) is 11.1 Å². The fourth-order valence-electron chi connectivity index (χ4n) is 1.46. The van der Waals surface area contributed by atoms with Gasteiger partial charge in [-0.15, -0.1) is 34.9 Å². The summed E-state index contributed by atoms with van der Waals surface area (Å²) in [7, 11) is 0. The van der Waals surface area contributed by atoms with Crippen molar-refractivity contribution in [1.82, 2.24) is 0 Å². The van der Waals surface area contributed by atoms with Gasteiger partial charge in [0, 0.05) is 0 Å². The smallest absolute Gasteiger partial charge is 0.144 e. The van der Waals surface area contributed by atoms with Crippen molar-refractivity contribution in [3.05, 3.63) is 59.7 Å². The van der Waals surface area contributed by atoms with Crippen LogP contribution >= 0.6 is 0 Å². The van der Waals surface area contributed by atoms with E-state index in [4.69, 9.17) is 0 Å². The van der Waals surface area contributed by atoms with Crippen LogP contribution in [0.25, 0.3) is 11.1 Å². The summed E-state index contributed by atoms with van der Waals surface area (Å²) in [6, 6.07) is 18.0. The van der Waals surface area contributed by atoms with Crippen LogP contribution < -0.4 is 18.9 Å². The fourth-order valence-corrected chi connectivity index (χ4v) is 1.46. The number of rotatable bonds is 1. The molecular formula is C14H13Li. The van der Waals surface area contributed by atoms with Crippen LogP contribution in [-0.2, 0) is 0 Å². The Morgan fingerprint density at radius 3 is 2.13 bits per heavy atom. The third kappa shape index (κ3) is 2.75. The first-order chi connectivity index (χ1) is 6.77. The maximum Gasteiger partial charge on any atom is 1.00 e. The van der Waals surface area contributed by atoms with Crippen LogP contribution in [0.5, 0.6) is 0 Å². The molecule has 0 aliphatic carbocycles. The maximum absolute atomic E-state index is 3.39. The molecule has 0 bridgehead atoms. The van der Waals surface area contributed by atoms with Crippen LogP contribution in [0, 0.1) is 19.9 Å². The molecule has 0 spiro atoms. The summed E-state index contributed by atoms with van der Waals surface area (Å²) in [5.74, 6) is 0. The molecule has 0 unspecified atom stereocenters. The fraction of sp³-hybridized carbons (Fsp3) is 0.143. The van der Waals surface area contributed by atoms with Crippen LogP contribution in [0.15, 0.2) is 42.5 Å². The van der Waals surface area contributed by atoms with Gasteiger partial charge in [0.05, 0.1) is 0 Å². The second-order valence-corrected chi connectivity index (χ2v) is 3.55. The zero-order valence-electron chi connectivity index (χ0n) is 9.54. The first-order valence-corrected chi connectivity index (χ1v) is 4.82. The van der Waals surface area contributed by atoms with Crippen LogP contribution in [0.4, 0.5) is 0 Å². The molecule has 1 heteroatoms. The molecule has 70 valence electrons. The van der Waals surface area contributed by atoms with E-state index in [1.54, 1.807) is 0 Å². The molecule has 0 amide bonds. The minimum Gasteiger partial charge on any atom is -0.144 e. The molecular weight excluding hydrogens is 175 g/mol. The first-order valence-electron chi connectivity index (χ1n) is 4.82. The Bertz CT molecular complexity index is 432. The summed E-state index contributed by atoms with van der Waals surface area (Å²) in [6.45, 7) is 4.21. The maximum atomic E-state index is 3.39. The third-order valence-corrected chi connectivity index (χ3v) is 2.50. The van der Waals surface area contributed by atoms with Crippen molar-refractivity contribution in [3.63, 3.8) is 0 Å². The Morgan fingerprint density at radius 2 is 1.53 bits per heavy atom. The summed E-state index contributed by atoms with van der Waals surface area (Å²) in [4.78, 5) is 0. The zero-order chi connectivity index (χ0) is 9.97. The van der Waals surface area contributed by atoms with E-state index in [1.165, 1.54) is 22.3 Å². The Balaban J connectivity index is 0.00000112. The summed E-state index contributed by atoms with van der Waals surface area (Å²) in [6.07, 6.45) is 0. The first kappa shape index (κ1) is 12.1. The van der Waals surface area contributed by atoms with Crippen LogP contribution in [0.3, 0.4) is 0 Å². The summed E-state index contributed by atoms with van der Waals surface area (Å²) < 4.78 is 0. The van der Waals surface area contributed by atoms with Gasteiger partial charge in [0.2, 0.25) is 0 Å². The summed E-state index contributed by atoms with van der Waals surface area (Å²) >= 11 is 0. The predicted molar refractivity (Wildman–Crippen MR) is 60.2 cm³/mol. The van der Waals surface area contributed by atoms with Crippen molar-refractivity contribution in [2.24, 2.45) is 0 Å². The second-order valence-electron chi connectivity index (χ2n) is 3.55. The molecule has 2 aromatic rings. The van der Waals surface area contributed by atoms with E-state index in [0.717, 1.165) is 0 Å². The quantitative estimate of drug-likeness (QED) is 0.458. The van der Waals surface area contributed by atoms with Gasteiger partial charge in [-0.1, -0.05) is 49.7 Å². The van der Waals surface area contributed by atoms with Gasteiger partial charge in [0.15, 0.2) is 0 Å². The van der Waals surface area contributed by atoms with Gasteiger partial charge in [0.25, 0.3) is 0 Å². The largest absolute Gasteiger partial charge is 1.00 e. The predicted octanol–water partition coefficient (Wildman–Crippen LogP) is 0.775. The number of hydrogen-bond acceptors (Lipinski definition) is 0. The van der Waals surface area contributed by atoms with Gasteiger partial charge >= 0.3 is 18.9 Å². The molecule has 0 saturated carbocycles. The van der Waals surface area contributed by atoms with E-state index in [9.17, 15) is 0 Å². The van der Waals surface area contributed by atoms with E-state index in [2.05, 4.69) is 56.3 Å². The molecule has 2 aromatic carbocycles. The standard InChI is InChI=1S/C14H13.Li/c1-11-8-9-14(10-12(11)2)13-6-4-3-5-7-13;/h3-9H,1-2H3;/q-1;+1. The van der Waals surface area contributed by atoms with E-state index in [-0.39, 0.29) is 18.9 Å². The minimum atomic E-state index is 0. The normalized spacial score (nSPS) is 9.47. The summed E-state index contributed by atoms with van der Waals surface area (Å²) in [5.41, 5.74) is 4.93. The molecule has 0 aliphatic rings. The Hall–Kier alpha value is -0.963. The van der Waals surface area contributed by atoms with Gasteiger partial charge in [-0.05, 0) is 0 Å². The molecule has 2 rings (SSSR count). The molecule has 15 heavy (non-hydrogen) atoms. The van der Waals surface area contributed by atoms with E-state index in [1.807, 2.05) is 6.07 Å². The SMILES string of the molecule is Cc1[c-]c(-c2ccccc2)ccc1C.[Li+]. The molecule has 0 nitrogen and oxygen atoms in total. The molecule has 0 aromatic heterocycles. The minimum absolute atomic E-state index is 0. The van der Waals surface area contributed by atoms with Crippen LogP contribution in [0.1, 0.15) is 11.1 Å². The molecule has 0 heterocycles. The Labute approximate surface area is 104 Å². The summed E-state index contributed by atoms with van der Waals surface area (Å²) in [5, 5.41) is 0. The second kappa shape index (κ2) is 5.21. The Morgan fingerprint density at radius 1 is 0.867 bits per heavy atom. The van der Waals surface area contributed by atoms with Gasteiger partial charge in [-0.3, -0.25) is 0 Å². The van der Waals surface area contributed by atoms with Crippen molar-refractivity contribution in [1.29, 1.82) is 0 Å². The molecule has 0 fully saturated rings. The van der Waals surface area contributed by atoms with Gasteiger partial charge < -0.3 is 0 Å².